The van der Waals surface area contributed by atoms with Gasteiger partial charge in [-0.05, 0) is 106 Å². The molecule has 0 saturated carbocycles. The monoisotopic (exact) mass is 1480 g/mol. The van der Waals surface area contributed by atoms with Crippen LogP contribution in [0.2, 0.25) is 0 Å². The quantitative estimate of drug-likeness (QED) is 0.0323. The molecule has 0 bridgehead atoms. The molecule has 2 rings (SSSR count). The predicted molar refractivity (Wildman–Crippen MR) is 386 cm³/mol. The first kappa shape index (κ1) is 91.4. The van der Waals surface area contributed by atoms with E-state index in [1.165, 1.54) is 6.92 Å². The van der Waals surface area contributed by atoms with Crippen LogP contribution in [0.1, 0.15) is 157 Å². The molecule has 0 aliphatic heterocycles. The first-order valence-corrected chi connectivity index (χ1v) is 35.8. The number of hydrogen-bond donors (Lipinski definition) is 19. The van der Waals surface area contributed by atoms with Gasteiger partial charge < -0.3 is 101 Å². The van der Waals surface area contributed by atoms with Crippen LogP contribution in [0.15, 0.2) is 60.7 Å². The highest BCUT2D eigenvalue weighted by Crippen LogP contribution is 2.17. The topological polar surface area (TPSA) is 559 Å². The number of benzene rings is 2. The molecule has 0 radical (unpaired) electrons. The Kier molecular flexibility index (Phi) is 42.1. The first-order chi connectivity index (χ1) is 49.7. The Morgan fingerprint density at radius 2 is 0.724 bits per heavy atom. The standard InChI is InChI=1S/C71H113N15O19/c1-10-40(6)57(68(101)75-43(9)60(93)77-48(29-30-55(89)90)62(95)83-53(38-87)67(100)82-52(71(104)105)35-45-25-17-14-18-26-45)84-63(96)47(28-20-22-32-73)78-61(94)46(27-19-21-31-72)79-69(102)58(41(7)11-2)86-70(103)59(42(8)12-3)85-66(99)51(36-56(91)92)81-65(98)50(34-44-23-15-13-16-24-44)80-64(97)49(33-39(4)5)76-54(88)37-74/h13-18,23-26,39-43,46-53,57-59,87H,10-12,19-22,27-38,72-74H2,1-9H3,(H,75,101)(H,76,88)(H,77,93)(H,78,94)(H,79,102)(H,80,97)(H,81,98)(H,82,100)(H,83,95)(H,84,96)(H,85,99)(H,86,103)(H,89,90)(H,91,92)(H,104,105)/t40-,41-,42-,43-,46-,47-,48-,49-,50-,51-,52-,53-,57-,58-,59-/m0/s1. The third-order valence-electron chi connectivity index (χ3n) is 17.8. The molecule has 0 spiro atoms. The molecule has 0 aliphatic carbocycles. The summed E-state index contributed by atoms with van der Waals surface area (Å²) in [5, 5.41) is 69.9. The number of amides is 12. The van der Waals surface area contributed by atoms with Gasteiger partial charge in [-0.1, -0.05) is 135 Å². The van der Waals surface area contributed by atoms with Crippen LogP contribution in [0.3, 0.4) is 0 Å². The van der Waals surface area contributed by atoms with E-state index in [-0.39, 0.29) is 83.2 Å². The minimum Gasteiger partial charge on any atom is -0.481 e. The molecule has 586 valence electrons. The number of unbranched alkanes of at least 4 members (excludes halogenated alkanes) is 2. The van der Waals surface area contributed by atoms with Crippen LogP contribution in [-0.4, -0.2) is 208 Å². The maximum Gasteiger partial charge on any atom is 0.326 e. The van der Waals surface area contributed by atoms with Gasteiger partial charge in [0.2, 0.25) is 70.9 Å². The highest BCUT2D eigenvalue weighted by molar-refractivity contribution is 6.00. The van der Waals surface area contributed by atoms with Gasteiger partial charge in [0.15, 0.2) is 0 Å². The Hall–Kier alpha value is -9.67. The van der Waals surface area contributed by atoms with Gasteiger partial charge in [-0.2, -0.15) is 0 Å². The fraction of sp³-hybridized carbons (Fsp3) is 0.620. The first-order valence-electron chi connectivity index (χ1n) is 35.8. The molecule has 0 heterocycles. The van der Waals surface area contributed by atoms with Crippen LogP contribution in [0.5, 0.6) is 0 Å². The lowest BCUT2D eigenvalue weighted by atomic mass is 9.94. The Morgan fingerprint density at radius 1 is 0.371 bits per heavy atom. The second-order valence-electron chi connectivity index (χ2n) is 26.7. The Morgan fingerprint density at radius 3 is 1.15 bits per heavy atom. The number of nitrogens with two attached hydrogens (primary N) is 3. The van der Waals surface area contributed by atoms with Crippen molar-refractivity contribution in [1.29, 1.82) is 0 Å². The zero-order valence-electron chi connectivity index (χ0n) is 61.6. The van der Waals surface area contributed by atoms with Crippen molar-refractivity contribution in [3.8, 4) is 0 Å². The van der Waals surface area contributed by atoms with Crippen LogP contribution in [-0.2, 0) is 84.8 Å². The Bertz CT molecular complexity index is 3190. The number of hydrogen-bond acceptors (Lipinski definition) is 19. The molecular weight excluding hydrogens is 1370 g/mol. The summed E-state index contributed by atoms with van der Waals surface area (Å²) in [4.78, 5) is 204. The van der Waals surface area contributed by atoms with Crippen LogP contribution in [0.4, 0.5) is 0 Å². The number of carboxylic acid groups (broad SMARTS) is 3. The summed E-state index contributed by atoms with van der Waals surface area (Å²) in [5.41, 5.74) is 18.3. The molecule has 12 amide bonds. The van der Waals surface area contributed by atoms with Gasteiger partial charge in [-0.25, -0.2) is 4.79 Å². The molecule has 105 heavy (non-hydrogen) atoms. The van der Waals surface area contributed by atoms with E-state index < -0.39 is 211 Å². The minimum absolute atomic E-state index is 0.0367. The van der Waals surface area contributed by atoms with Crippen molar-refractivity contribution in [2.75, 3.05) is 26.2 Å². The Balaban J connectivity index is 2.46. The molecule has 34 nitrogen and oxygen atoms in total. The molecule has 34 heteroatoms. The van der Waals surface area contributed by atoms with Gasteiger partial charge >= 0.3 is 17.9 Å². The molecule has 0 saturated heterocycles. The summed E-state index contributed by atoms with van der Waals surface area (Å²) < 4.78 is 0. The third kappa shape index (κ3) is 33.3. The number of carbonyl (C=O) groups is 15. The van der Waals surface area contributed by atoms with E-state index in [1.807, 2.05) is 13.8 Å². The number of aliphatic carboxylic acids is 3. The largest absolute Gasteiger partial charge is 0.481 e. The van der Waals surface area contributed by atoms with Gasteiger partial charge in [-0.3, -0.25) is 67.1 Å². The molecule has 2 aromatic carbocycles. The summed E-state index contributed by atoms with van der Waals surface area (Å²) in [6.45, 7) is 13.8. The number of nitrogens with one attached hydrogen (secondary N) is 12. The number of carboxylic acids is 3. The van der Waals surface area contributed by atoms with E-state index in [1.54, 1.807) is 102 Å². The number of rotatable bonds is 51. The van der Waals surface area contributed by atoms with Crippen molar-refractivity contribution in [2.45, 2.75) is 231 Å². The zero-order valence-corrected chi connectivity index (χ0v) is 61.6. The van der Waals surface area contributed by atoms with E-state index in [9.17, 15) is 92.3 Å². The van der Waals surface area contributed by atoms with Gasteiger partial charge in [0.1, 0.15) is 72.5 Å². The second kappa shape index (κ2) is 48.4. The van der Waals surface area contributed by atoms with E-state index >= 15 is 0 Å². The second-order valence-corrected chi connectivity index (χ2v) is 26.7. The lowest BCUT2D eigenvalue weighted by Crippen LogP contribution is -2.62. The summed E-state index contributed by atoms with van der Waals surface area (Å²) in [5.74, 6) is -17.6. The smallest absolute Gasteiger partial charge is 0.326 e. The van der Waals surface area contributed by atoms with Crippen molar-refractivity contribution in [3.05, 3.63) is 71.8 Å². The zero-order chi connectivity index (χ0) is 79.0. The van der Waals surface area contributed by atoms with Gasteiger partial charge in [0.05, 0.1) is 19.6 Å². The maximum atomic E-state index is 14.7. The molecule has 0 aliphatic rings. The fourth-order valence-corrected chi connectivity index (χ4v) is 10.8. The van der Waals surface area contributed by atoms with Gasteiger partial charge in [0.25, 0.3) is 0 Å². The van der Waals surface area contributed by atoms with E-state index in [4.69, 9.17) is 17.2 Å². The number of aliphatic hydroxyl groups excluding tert-OH is 1. The van der Waals surface area contributed by atoms with Crippen molar-refractivity contribution < 1.29 is 92.3 Å². The molecule has 0 unspecified atom stereocenters. The summed E-state index contributed by atoms with van der Waals surface area (Å²) in [6, 6.07) is -1.17. The summed E-state index contributed by atoms with van der Waals surface area (Å²) in [7, 11) is 0. The molecular formula is C71H113N15O19. The van der Waals surface area contributed by atoms with Crippen LogP contribution < -0.4 is 81.0 Å². The predicted octanol–water partition coefficient (Wildman–Crippen LogP) is -1.87. The average Bonchev–Trinajstić information content (AvgIpc) is 0.848. The third-order valence-corrected chi connectivity index (χ3v) is 17.8. The van der Waals surface area contributed by atoms with Crippen molar-refractivity contribution in [3.63, 3.8) is 0 Å². The van der Waals surface area contributed by atoms with Crippen LogP contribution >= 0.6 is 0 Å². The Labute approximate surface area is 612 Å². The lowest BCUT2D eigenvalue weighted by Gasteiger charge is -2.31. The van der Waals surface area contributed by atoms with E-state index in [0.717, 1.165) is 0 Å². The molecule has 22 N–H and O–H groups in total. The van der Waals surface area contributed by atoms with Gasteiger partial charge in [-0.15, -0.1) is 0 Å². The van der Waals surface area contributed by atoms with Crippen molar-refractivity contribution in [2.24, 2.45) is 40.9 Å². The van der Waals surface area contributed by atoms with E-state index in [0.29, 0.717) is 24.0 Å². The number of carbonyl (C=O) groups excluding carboxylic acids is 12. The molecule has 0 aromatic heterocycles. The lowest BCUT2D eigenvalue weighted by molar-refractivity contribution is -0.142. The van der Waals surface area contributed by atoms with Crippen LogP contribution in [0.25, 0.3) is 0 Å². The number of aliphatic hydroxyl groups is 1. The van der Waals surface area contributed by atoms with Crippen molar-refractivity contribution in [1.82, 2.24) is 63.8 Å². The normalized spacial score (nSPS) is 15.4. The molecule has 2 aromatic rings. The fourth-order valence-electron chi connectivity index (χ4n) is 10.8. The van der Waals surface area contributed by atoms with Crippen LogP contribution in [0, 0.1) is 23.7 Å². The molecule has 15 atom stereocenters. The average molecular weight is 1480 g/mol. The summed E-state index contributed by atoms with van der Waals surface area (Å²) in [6.07, 6.45) is -0.332. The summed E-state index contributed by atoms with van der Waals surface area (Å²) >= 11 is 0. The van der Waals surface area contributed by atoms with Gasteiger partial charge in [0, 0.05) is 19.3 Å². The van der Waals surface area contributed by atoms with E-state index in [2.05, 4.69) is 63.8 Å². The SMILES string of the molecule is CC[C@H](C)[C@H](NC(=O)[C@H](CCCCN)NC(=O)[C@H](CCCCN)NC(=O)[C@@H](NC(=O)[C@@H](NC(=O)[C@H](CC(=O)O)NC(=O)[C@H](Cc1ccccc1)NC(=O)[C@H](CC(C)C)NC(=O)CN)[C@@H](C)CC)[C@@H](C)CC)C(=O)N[C@@H](C)C(=O)N[C@@H](CCC(=O)O)C(=O)N[C@@H](CO)C(=O)N[C@@H](Cc1ccccc1)C(=O)O. The maximum absolute atomic E-state index is 14.7. The highest BCUT2D eigenvalue weighted by Gasteiger charge is 2.39. The highest BCUT2D eigenvalue weighted by atomic mass is 16.4. The minimum atomic E-state index is -1.84. The van der Waals surface area contributed by atoms with Crippen molar-refractivity contribution >= 4 is 88.8 Å². The molecule has 0 fully saturated rings.